The second-order valence-electron chi connectivity index (χ2n) is 10.7. The SMILES string of the molecule is Cc1ccc([S@@](=O)C[C@H](NS(=O)(=O)c2ccccc2[N+](=O)[O-])[C@@H](Br)[C@@H](O)CCCCCCCCOCc2ccccc2)cc1. The summed E-state index contributed by atoms with van der Waals surface area (Å²) in [6, 6.07) is 21.2. The molecule has 0 aromatic heterocycles. The first-order valence-corrected chi connectivity index (χ1v) is 18.4. The number of nitro benzene ring substituents is 1. The zero-order valence-electron chi connectivity index (χ0n) is 24.8. The normalized spacial score (nSPS) is 14.5. The Kier molecular flexibility index (Phi) is 15.1. The van der Waals surface area contributed by atoms with E-state index in [1.807, 2.05) is 49.4 Å². The third kappa shape index (κ3) is 11.8. The molecule has 0 unspecified atom stereocenters. The summed E-state index contributed by atoms with van der Waals surface area (Å²) in [4.78, 5) is 10.00. The van der Waals surface area contributed by atoms with Crippen LogP contribution in [-0.4, -0.2) is 52.0 Å². The van der Waals surface area contributed by atoms with Crippen LogP contribution in [0.2, 0.25) is 0 Å². The maximum absolute atomic E-state index is 13.3. The summed E-state index contributed by atoms with van der Waals surface area (Å²) in [7, 11) is -5.98. The molecule has 0 heterocycles. The minimum atomic E-state index is -4.38. The van der Waals surface area contributed by atoms with E-state index in [2.05, 4.69) is 20.7 Å². The van der Waals surface area contributed by atoms with Gasteiger partial charge in [0.25, 0.3) is 5.69 Å². The minimum absolute atomic E-state index is 0.137. The first kappa shape index (κ1) is 36.0. The van der Waals surface area contributed by atoms with Crippen LogP contribution >= 0.6 is 15.9 Å². The molecule has 12 heteroatoms. The van der Waals surface area contributed by atoms with Crippen molar-refractivity contribution in [1.29, 1.82) is 0 Å². The van der Waals surface area contributed by atoms with Gasteiger partial charge in [0.2, 0.25) is 10.0 Å². The van der Waals surface area contributed by atoms with Gasteiger partial charge in [0.05, 0.1) is 33.3 Å². The molecular formula is C32H41BrN2O7S2. The van der Waals surface area contributed by atoms with E-state index >= 15 is 0 Å². The molecule has 2 N–H and O–H groups in total. The largest absolute Gasteiger partial charge is 0.392 e. The number of para-hydroxylation sites is 1. The van der Waals surface area contributed by atoms with Crippen molar-refractivity contribution in [3.63, 3.8) is 0 Å². The zero-order valence-corrected chi connectivity index (χ0v) is 28.1. The monoisotopic (exact) mass is 708 g/mol. The molecular weight excluding hydrogens is 668 g/mol. The van der Waals surface area contributed by atoms with E-state index in [0.29, 0.717) is 24.5 Å². The molecule has 240 valence electrons. The number of rotatable bonds is 20. The number of aliphatic hydroxyl groups excluding tert-OH is 1. The lowest BCUT2D eigenvalue weighted by Gasteiger charge is -2.27. The highest BCUT2D eigenvalue weighted by Crippen LogP contribution is 2.26. The molecule has 0 radical (unpaired) electrons. The van der Waals surface area contributed by atoms with Crippen LogP contribution in [0.3, 0.4) is 0 Å². The number of hydrogen-bond donors (Lipinski definition) is 2. The van der Waals surface area contributed by atoms with Gasteiger partial charge in [-0.2, -0.15) is 0 Å². The van der Waals surface area contributed by atoms with E-state index in [9.17, 15) is 27.8 Å². The molecule has 3 rings (SSSR count). The molecule has 0 spiro atoms. The molecule has 3 aromatic rings. The lowest BCUT2D eigenvalue weighted by atomic mass is 10.0. The van der Waals surface area contributed by atoms with Crippen LogP contribution in [-0.2, 0) is 32.2 Å². The Morgan fingerprint density at radius 2 is 1.55 bits per heavy atom. The van der Waals surface area contributed by atoms with Gasteiger partial charge in [0.15, 0.2) is 4.90 Å². The summed E-state index contributed by atoms with van der Waals surface area (Å²) in [5, 5.41) is 22.5. The average Bonchev–Trinajstić information content (AvgIpc) is 3.01. The summed E-state index contributed by atoms with van der Waals surface area (Å²) in [5.74, 6) is -0.137. The van der Waals surface area contributed by atoms with E-state index in [1.54, 1.807) is 12.1 Å². The highest BCUT2D eigenvalue weighted by Gasteiger charge is 2.34. The number of nitro groups is 1. The van der Waals surface area contributed by atoms with Gasteiger partial charge in [0.1, 0.15) is 0 Å². The van der Waals surface area contributed by atoms with Crippen molar-refractivity contribution >= 4 is 42.4 Å². The quantitative estimate of drug-likeness (QED) is 0.0598. The first-order chi connectivity index (χ1) is 21.1. The highest BCUT2D eigenvalue weighted by atomic mass is 79.9. The number of benzene rings is 3. The molecule has 4 atom stereocenters. The summed E-state index contributed by atoms with van der Waals surface area (Å²) >= 11 is 3.47. The highest BCUT2D eigenvalue weighted by molar-refractivity contribution is 9.09. The van der Waals surface area contributed by atoms with Gasteiger partial charge in [-0.1, -0.05) is 108 Å². The van der Waals surface area contributed by atoms with E-state index in [0.717, 1.165) is 61.8 Å². The van der Waals surface area contributed by atoms with Crippen LogP contribution in [0.4, 0.5) is 5.69 Å². The molecule has 0 aliphatic carbocycles. The minimum Gasteiger partial charge on any atom is -0.392 e. The van der Waals surface area contributed by atoms with Crippen LogP contribution in [0.25, 0.3) is 0 Å². The number of sulfonamides is 1. The Balaban J connectivity index is 1.53. The predicted octanol–water partition coefficient (Wildman–Crippen LogP) is 6.43. The molecule has 3 aromatic carbocycles. The van der Waals surface area contributed by atoms with Crippen LogP contribution in [0.15, 0.2) is 88.7 Å². The maximum atomic E-state index is 13.3. The van der Waals surface area contributed by atoms with Gasteiger partial charge in [-0.3, -0.25) is 14.3 Å². The molecule has 0 bridgehead atoms. The molecule has 44 heavy (non-hydrogen) atoms. The third-order valence-electron chi connectivity index (χ3n) is 7.17. The Morgan fingerprint density at radius 1 is 0.932 bits per heavy atom. The number of aliphatic hydroxyl groups is 1. The second kappa shape index (κ2) is 18.5. The van der Waals surface area contributed by atoms with E-state index in [4.69, 9.17) is 4.74 Å². The fraction of sp³-hybridized carbons (Fsp3) is 0.438. The number of alkyl halides is 1. The smallest absolute Gasteiger partial charge is 0.289 e. The lowest BCUT2D eigenvalue weighted by molar-refractivity contribution is -0.387. The van der Waals surface area contributed by atoms with Gasteiger partial charge in [0, 0.05) is 29.4 Å². The van der Waals surface area contributed by atoms with Crippen molar-refractivity contribution < 1.29 is 27.4 Å². The van der Waals surface area contributed by atoms with Crippen molar-refractivity contribution in [3.05, 3.63) is 100 Å². The topological polar surface area (TPSA) is 136 Å². The van der Waals surface area contributed by atoms with Gasteiger partial charge < -0.3 is 9.84 Å². The van der Waals surface area contributed by atoms with Crippen LogP contribution in [0.1, 0.15) is 56.1 Å². The van der Waals surface area contributed by atoms with E-state index in [1.165, 1.54) is 12.1 Å². The number of halogens is 1. The summed E-state index contributed by atoms with van der Waals surface area (Å²) < 4.78 is 48.1. The fourth-order valence-corrected chi connectivity index (χ4v) is 8.49. The molecule has 9 nitrogen and oxygen atoms in total. The van der Waals surface area contributed by atoms with Crippen molar-refractivity contribution in [3.8, 4) is 0 Å². The van der Waals surface area contributed by atoms with Crippen LogP contribution < -0.4 is 4.72 Å². The number of unbranched alkanes of at least 4 members (excludes halogenated alkanes) is 5. The number of nitrogens with zero attached hydrogens (tertiary/aromatic N) is 1. The zero-order chi connectivity index (χ0) is 32.0. The average molecular weight is 710 g/mol. The van der Waals surface area contributed by atoms with Gasteiger partial charge in [-0.15, -0.1) is 0 Å². The van der Waals surface area contributed by atoms with Crippen molar-refractivity contribution in [2.24, 2.45) is 0 Å². The molecule has 0 aliphatic rings. The predicted molar refractivity (Wildman–Crippen MR) is 177 cm³/mol. The van der Waals surface area contributed by atoms with Crippen molar-refractivity contribution in [2.75, 3.05) is 12.4 Å². The fourth-order valence-electron chi connectivity index (χ4n) is 4.69. The molecule has 0 fully saturated rings. The van der Waals surface area contributed by atoms with E-state index in [-0.39, 0.29) is 5.75 Å². The van der Waals surface area contributed by atoms with Gasteiger partial charge >= 0.3 is 0 Å². The number of nitrogens with one attached hydrogen (secondary N) is 1. The summed E-state index contributed by atoms with van der Waals surface area (Å²) in [6.07, 6.45) is 5.21. The summed E-state index contributed by atoms with van der Waals surface area (Å²) in [5.41, 5.74) is 1.59. The molecule has 0 amide bonds. The molecule has 0 saturated carbocycles. The Morgan fingerprint density at radius 3 is 2.23 bits per heavy atom. The number of hydrogen-bond acceptors (Lipinski definition) is 7. The molecule has 0 aliphatic heterocycles. The Hall–Kier alpha value is -2.48. The van der Waals surface area contributed by atoms with Gasteiger partial charge in [-0.25, -0.2) is 13.1 Å². The van der Waals surface area contributed by atoms with Crippen molar-refractivity contribution in [2.45, 2.75) is 85.2 Å². The first-order valence-electron chi connectivity index (χ1n) is 14.7. The lowest BCUT2D eigenvalue weighted by Crippen LogP contribution is -2.48. The van der Waals surface area contributed by atoms with Crippen molar-refractivity contribution in [1.82, 2.24) is 4.72 Å². The van der Waals surface area contributed by atoms with Crippen LogP contribution in [0, 0.1) is 17.0 Å². The van der Waals surface area contributed by atoms with Gasteiger partial charge in [-0.05, 0) is 43.5 Å². The summed E-state index contributed by atoms with van der Waals surface area (Å²) in [6.45, 7) is 3.24. The Bertz CT molecular complexity index is 1440. The molecule has 0 saturated heterocycles. The van der Waals surface area contributed by atoms with Crippen LogP contribution in [0.5, 0.6) is 0 Å². The Labute approximate surface area is 271 Å². The maximum Gasteiger partial charge on any atom is 0.289 e. The number of aryl methyl sites for hydroxylation is 1. The second-order valence-corrected chi connectivity index (χ2v) is 15.0. The number of ether oxygens (including phenoxy) is 1. The van der Waals surface area contributed by atoms with E-state index < -0.39 is 53.3 Å². The standard InChI is InChI=1S/C32H41BrN2O7S2/c1-25-18-20-27(21-19-25)43(39)24-28(34-44(40,41)31-17-11-10-15-29(31)35(37)38)32(33)30(36)16-9-4-2-3-5-12-22-42-23-26-13-7-6-8-14-26/h6-8,10-11,13-15,17-21,28,30,32,34,36H,2-5,9,12,16,22-24H2,1H3/t28-,30-,32+,43-/m0/s1. The third-order valence-corrected chi connectivity index (χ3v) is 11.4.